The third-order valence-electron chi connectivity index (χ3n) is 4.76. The van der Waals surface area contributed by atoms with Crippen LogP contribution in [0.4, 0.5) is 0 Å². The smallest absolute Gasteiger partial charge is 0.266 e. The molecule has 0 unspecified atom stereocenters. The number of piperidine rings is 1. The van der Waals surface area contributed by atoms with Gasteiger partial charge in [0.1, 0.15) is 0 Å². The highest BCUT2D eigenvalue weighted by Gasteiger charge is 2.13. The normalized spacial score (nSPS) is 15.7. The highest BCUT2D eigenvalue weighted by molar-refractivity contribution is 5.58. The minimum atomic E-state index is -0.00432. The van der Waals surface area contributed by atoms with E-state index in [1.807, 2.05) is 6.07 Å². The zero-order valence-electron chi connectivity index (χ0n) is 13.9. The Kier molecular flexibility index (Phi) is 5.23. The van der Waals surface area contributed by atoms with Gasteiger partial charge in [-0.15, -0.1) is 0 Å². The van der Waals surface area contributed by atoms with E-state index in [4.69, 9.17) is 0 Å². The molecule has 0 aliphatic carbocycles. The molecule has 2 aromatic rings. The van der Waals surface area contributed by atoms with Crippen molar-refractivity contribution in [3.8, 4) is 11.3 Å². The fourth-order valence-corrected chi connectivity index (χ4v) is 3.24. The monoisotopic (exact) mass is 312 g/mol. The number of nitrogens with one attached hydrogen (secondary N) is 1. The van der Waals surface area contributed by atoms with Gasteiger partial charge in [-0.3, -0.25) is 4.79 Å². The van der Waals surface area contributed by atoms with Gasteiger partial charge in [0.2, 0.25) is 0 Å². The molecule has 1 aliphatic rings. The second kappa shape index (κ2) is 7.55. The maximum absolute atomic E-state index is 12.1. The predicted octanol–water partition coefficient (Wildman–Crippen LogP) is 1.54. The van der Waals surface area contributed by atoms with Crippen molar-refractivity contribution in [3.05, 3.63) is 52.3 Å². The summed E-state index contributed by atoms with van der Waals surface area (Å²) in [6.45, 7) is 6.30. The van der Waals surface area contributed by atoms with E-state index < -0.39 is 0 Å². The Labute approximate surface area is 137 Å². The lowest BCUT2D eigenvalue weighted by Gasteiger charge is -2.23. The summed E-state index contributed by atoms with van der Waals surface area (Å²) in [6, 6.07) is 11.9. The Morgan fingerprint density at radius 1 is 1.04 bits per heavy atom. The van der Waals surface area contributed by atoms with Crippen LogP contribution >= 0.6 is 0 Å². The Hall–Kier alpha value is -1.94. The molecule has 23 heavy (non-hydrogen) atoms. The van der Waals surface area contributed by atoms with Crippen LogP contribution in [-0.4, -0.2) is 29.4 Å². The van der Waals surface area contributed by atoms with Gasteiger partial charge < -0.3 is 4.90 Å². The van der Waals surface area contributed by atoms with Crippen molar-refractivity contribution >= 4 is 0 Å². The Balaban J connectivity index is 1.73. The predicted molar refractivity (Wildman–Crippen MR) is 92.7 cm³/mol. The van der Waals surface area contributed by atoms with Crippen LogP contribution in [0.15, 0.2) is 41.2 Å². The van der Waals surface area contributed by atoms with Gasteiger partial charge in [-0.2, -0.15) is 5.10 Å². The maximum atomic E-state index is 12.1. The first-order valence-corrected chi connectivity index (χ1v) is 8.77. The molecule has 1 fully saturated rings. The molecule has 4 nitrogen and oxygen atoms in total. The number of hydrogen-bond acceptors (Lipinski definition) is 2. The van der Waals surface area contributed by atoms with Crippen molar-refractivity contribution in [2.24, 2.45) is 0 Å². The molecule has 0 radical (unpaired) electrons. The molecule has 1 aliphatic heterocycles. The van der Waals surface area contributed by atoms with Crippen LogP contribution < -0.4 is 10.5 Å². The lowest BCUT2D eigenvalue weighted by molar-refractivity contribution is -0.905. The van der Waals surface area contributed by atoms with E-state index in [1.54, 1.807) is 15.6 Å². The summed E-state index contributed by atoms with van der Waals surface area (Å²) in [6.07, 6.45) is 5.00. The molecule has 1 saturated heterocycles. The Morgan fingerprint density at radius 2 is 1.78 bits per heavy atom. The average molecular weight is 312 g/mol. The van der Waals surface area contributed by atoms with Gasteiger partial charge in [0.25, 0.3) is 5.56 Å². The molecule has 0 bridgehead atoms. The first-order chi connectivity index (χ1) is 11.3. The molecule has 2 heterocycles. The molecule has 3 rings (SSSR count). The van der Waals surface area contributed by atoms with Gasteiger partial charge in [-0.25, -0.2) is 4.68 Å². The average Bonchev–Trinajstić information content (AvgIpc) is 2.62. The van der Waals surface area contributed by atoms with Crippen LogP contribution in [0.2, 0.25) is 0 Å². The van der Waals surface area contributed by atoms with Crippen molar-refractivity contribution in [1.82, 2.24) is 9.78 Å². The van der Waals surface area contributed by atoms with E-state index in [1.165, 1.54) is 37.9 Å². The molecular weight excluding hydrogens is 286 g/mol. The van der Waals surface area contributed by atoms with Gasteiger partial charge >= 0.3 is 0 Å². The summed E-state index contributed by atoms with van der Waals surface area (Å²) in [5, 5.41) is 4.57. The maximum Gasteiger partial charge on any atom is 0.266 e. The SMILES string of the molecule is CCc1ccc(-c2ccc(=O)n(CC[NH+]3CCCCC3)n2)cc1. The van der Waals surface area contributed by atoms with Crippen LogP contribution in [0.5, 0.6) is 0 Å². The van der Waals surface area contributed by atoms with Gasteiger partial charge in [0.05, 0.1) is 31.9 Å². The van der Waals surface area contributed by atoms with E-state index >= 15 is 0 Å². The molecule has 0 saturated carbocycles. The van der Waals surface area contributed by atoms with E-state index in [-0.39, 0.29) is 5.56 Å². The Bertz CT molecular complexity index is 685. The molecular formula is C19H26N3O+. The molecule has 122 valence electrons. The number of aryl methyl sites for hydroxylation is 1. The summed E-state index contributed by atoms with van der Waals surface area (Å²) in [7, 11) is 0. The molecule has 0 amide bonds. The largest absolute Gasteiger partial charge is 0.333 e. The molecule has 0 atom stereocenters. The van der Waals surface area contributed by atoms with Crippen molar-refractivity contribution in [2.45, 2.75) is 39.2 Å². The highest BCUT2D eigenvalue weighted by atomic mass is 16.1. The first-order valence-electron chi connectivity index (χ1n) is 8.77. The van der Waals surface area contributed by atoms with Crippen molar-refractivity contribution in [1.29, 1.82) is 0 Å². The number of hydrogen-bond donors (Lipinski definition) is 1. The minimum absolute atomic E-state index is 0.00432. The Morgan fingerprint density at radius 3 is 2.48 bits per heavy atom. The first kappa shape index (κ1) is 15.9. The van der Waals surface area contributed by atoms with Crippen molar-refractivity contribution in [2.75, 3.05) is 19.6 Å². The number of likely N-dealkylation sites (tertiary alicyclic amines) is 1. The standard InChI is InChI=1S/C19H25N3O/c1-2-16-6-8-17(9-7-16)18-10-11-19(23)22(20-18)15-14-21-12-4-3-5-13-21/h6-11H,2-5,12-15H2,1H3/p+1. The molecule has 1 aromatic carbocycles. The summed E-state index contributed by atoms with van der Waals surface area (Å²) in [4.78, 5) is 13.7. The van der Waals surface area contributed by atoms with Crippen LogP contribution in [0, 0.1) is 0 Å². The molecule has 0 spiro atoms. The van der Waals surface area contributed by atoms with Gasteiger partial charge in [-0.1, -0.05) is 31.2 Å². The third-order valence-corrected chi connectivity index (χ3v) is 4.76. The number of aromatic nitrogens is 2. The summed E-state index contributed by atoms with van der Waals surface area (Å²) < 4.78 is 1.63. The fourth-order valence-electron chi connectivity index (χ4n) is 3.24. The van der Waals surface area contributed by atoms with E-state index in [0.29, 0.717) is 6.54 Å². The molecule has 1 N–H and O–H groups in total. The van der Waals surface area contributed by atoms with E-state index in [0.717, 1.165) is 24.2 Å². The van der Waals surface area contributed by atoms with Crippen LogP contribution in [0.1, 0.15) is 31.7 Å². The van der Waals surface area contributed by atoms with Gasteiger partial charge in [-0.05, 0) is 37.3 Å². The van der Waals surface area contributed by atoms with Crippen LogP contribution in [0.3, 0.4) is 0 Å². The number of rotatable bonds is 5. The van der Waals surface area contributed by atoms with E-state index in [2.05, 4.69) is 36.3 Å². The van der Waals surface area contributed by atoms with Crippen molar-refractivity contribution < 1.29 is 4.90 Å². The molecule has 4 heteroatoms. The van der Waals surface area contributed by atoms with Gasteiger partial charge in [0.15, 0.2) is 0 Å². The van der Waals surface area contributed by atoms with E-state index in [9.17, 15) is 4.79 Å². The zero-order chi connectivity index (χ0) is 16.1. The number of benzene rings is 1. The zero-order valence-corrected chi connectivity index (χ0v) is 13.9. The summed E-state index contributed by atoms with van der Waals surface area (Å²) >= 11 is 0. The van der Waals surface area contributed by atoms with Crippen molar-refractivity contribution in [3.63, 3.8) is 0 Å². The minimum Gasteiger partial charge on any atom is -0.333 e. The third kappa shape index (κ3) is 4.08. The van der Waals surface area contributed by atoms with Crippen LogP contribution in [0.25, 0.3) is 11.3 Å². The summed E-state index contributed by atoms with van der Waals surface area (Å²) in [5.41, 5.74) is 3.26. The quantitative estimate of drug-likeness (QED) is 0.910. The number of nitrogens with zero attached hydrogens (tertiary/aromatic N) is 2. The topological polar surface area (TPSA) is 39.3 Å². The lowest BCUT2D eigenvalue weighted by atomic mass is 10.1. The lowest BCUT2D eigenvalue weighted by Crippen LogP contribution is -3.13. The highest BCUT2D eigenvalue weighted by Crippen LogP contribution is 2.16. The number of quaternary nitrogens is 1. The fraction of sp³-hybridized carbons (Fsp3) is 0.474. The van der Waals surface area contributed by atoms with Crippen LogP contribution in [-0.2, 0) is 13.0 Å². The van der Waals surface area contributed by atoms with Gasteiger partial charge in [0, 0.05) is 11.6 Å². The second-order valence-corrected chi connectivity index (χ2v) is 6.39. The second-order valence-electron chi connectivity index (χ2n) is 6.39. The molecule has 1 aromatic heterocycles. The summed E-state index contributed by atoms with van der Waals surface area (Å²) in [5.74, 6) is 0.